The van der Waals surface area contributed by atoms with Crippen molar-refractivity contribution in [1.82, 2.24) is 15.2 Å². The number of rotatable bonds is 5. The van der Waals surface area contributed by atoms with Crippen molar-refractivity contribution in [3.63, 3.8) is 0 Å². The molecule has 1 N–H and O–H groups in total. The van der Waals surface area contributed by atoms with Crippen LogP contribution < -0.4 is 10.2 Å². The van der Waals surface area contributed by atoms with Gasteiger partial charge in [0.2, 0.25) is 0 Å². The number of carbonyl (C=O) groups excluding carboxylic acids is 1. The van der Waals surface area contributed by atoms with Crippen molar-refractivity contribution in [3.8, 4) is 0 Å². The minimum Gasteiger partial charge on any atom is -0.354 e. The molecule has 33 heavy (non-hydrogen) atoms. The van der Waals surface area contributed by atoms with Gasteiger partial charge in [0.1, 0.15) is 12.6 Å². The van der Waals surface area contributed by atoms with Gasteiger partial charge in [-0.1, -0.05) is 51.3 Å². The third-order valence-corrected chi connectivity index (χ3v) is 7.91. The summed E-state index contributed by atoms with van der Waals surface area (Å²) in [6, 6.07) is 12.8. The quantitative estimate of drug-likeness (QED) is 0.680. The van der Waals surface area contributed by atoms with Crippen LogP contribution in [0.15, 0.2) is 36.4 Å². The van der Waals surface area contributed by atoms with Crippen molar-refractivity contribution in [1.29, 1.82) is 0 Å². The molecule has 5 nitrogen and oxygen atoms in total. The first-order valence-corrected chi connectivity index (χ1v) is 12.9. The third-order valence-electron chi connectivity index (χ3n) is 7.91. The second-order valence-electron chi connectivity index (χ2n) is 10.2. The molecule has 182 valence electrons. The van der Waals surface area contributed by atoms with Gasteiger partial charge in [-0.25, -0.2) is 4.98 Å². The second-order valence-corrected chi connectivity index (χ2v) is 10.2. The summed E-state index contributed by atoms with van der Waals surface area (Å²) in [4.78, 5) is 18.0. The molecule has 1 aliphatic heterocycles. The highest BCUT2D eigenvalue weighted by molar-refractivity contribution is 5.80. The van der Waals surface area contributed by atoms with Crippen molar-refractivity contribution in [2.75, 3.05) is 44.7 Å². The normalized spacial score (nSPS) is 20.5. The molecule has 0 amide bonds. The average Bonchev–Trinajstić information content (AvgIpc) is 3.68. The van der Waals surface area contributed by atoms with E-state index >= 15 is 0 Å². The number of fused-ring (bicyclic) bond motifs is 1. The molecule has 2 aromatic rings. The highest BCUT2D eigenvalue weighted by Crippen LogP contribution is 2.41. The minimum atomic E-state index is 0.542. The van der Waals surface area contributed by atoms with Gasteiger partial charge in [0.15, 0.2) is 0 Å². The Hall–Kier alpha value is -1.98. The number of carbonyl (C=O) groups is 1. The fourth-order valence-electron chi connectivity index (χ4n) is 5.38. The van der Waals surface area contributed by atoms with Gasteiger partial charge < -0.3 is 15.0 Å². The van der Waals surface area contributed by atoms with Gasteiger partial charge in [-0.2, -0.15) is 0 Å². The van der Waals surface area contributed by atoms with Crippen molar-refractivity contribution in [2.24, 2.45) is 11.8 Å². The Morgan fingerprint density at radius 2 is 1.67 bits per heavy atom. The van der Waals surface area contributed by atoms with Crippen LogP contribution in [-0.4, -0.2) is 62.0 Å². The monoisotopic (exact) mass is 452 g/mol. The van der Waals surface area contributed by atoms with Gasteiger partial charge in [0.05, 0.1) is 5.52 Å². The van der Waals surface area contributed by atoms with Gasteiger partial charge in [-0.15, -0.1) is 0 Å². The minimum absolute atomic E-state index is 0.542. The molecule has 1 saturated heterocycles. The lowest BCUT2D eigenvalue weighted by atomic mass is 9.89. The van der Waals surface area contributed by atoms with Crippen LogP contribution in [0.3, 0.4) is 0 Å². The van der Waals surface area contributed by atoms with E-state index in [1.54, 1.807) is 0 Å². The SMILES string of the molecule is C=O.CNC1(C(C)C)CC1.c1ccc2nc(N3CCN(CC4CCCCC4)CC3)ccc2c1. The van der Waals surface area contributed by atoms with Gasteiger partial charge in [0.25, 0.3) is 0 Å². The molecule has 0 atom stereocenters. The Morgan fingerprint density at radius 1 is 1.00 bits per heavy atom. The zero-order chi connectivity index (χ0) is 23.7. The van der Waals surface area contributed by atoms with Crippen LogP contribution >= 0.6 is 0 Å². The smallest absolute Gasteiger partial charge is 0.129 e. The van der Waals surface area contributed by atoms with Crippen LogP contribution in [0, 0.1) is 11.8 Å². The van der Waals surface area contributed by atoms with E-state index in [4.69, 9.17) is 9.78 Å². The number of anilines is 1. The van der Waals surface area contributed by atoms with E-state index < -0.39 is 0 Å². The predicted molar refractivity (Wildman–Crippen MR) is 140 cm³/mol. The van der Waals surface area contributed by atoms with Gasteiger partial charge in [-0.3, -0.25) is 4.90 Å². The molecule has 2 saturated carbocycles. The first-order chi connectivity index (χ1) is 16.1. The number of para-hydroxylation sites is 1. The Labute approximate surface area is 200 Å². The van der Waals surface area contributed by atoms with Crippen molar-refractivity contribution < 1.29 is 4.79 Å². The van der Waals surface area contributed by atoms with Crippen molar-refractivity contribution in [2.45, 2.75) is 64.3 Å². The standard InChI is InChI=1S/C20H27N3.C7H15N.CH2O/c1-2-6-17(7-3-1)16-22-12-14-23(15-13-22)20-11-10-18-8-4-5-9-19(18)21-20;1-6(2)7(8-3)4-5-7;1-2/h4-5,8-11,17H,1-3,6-7,12-16H2;6,8H,4-5H2,1-3H3;1H2. The van der Waals surface area contributed by atoms with E-state index in [2.05, 4.69) is 72.4 Å². The highest BCUT2D eigenvalue weighted by Gasteiger charge is 2.43. The number of hydrogen-bond donors (Lipinski definition) is 1. The van der Waals surface area contributed by atoms with E-state index in [9.17, 15) is 0 Å². The summed E-state index contributed by atoms with van der Waals surface area (Å²) in [5.74, 6) is 2.91. The lowest BCUT2D eigenvalue weighted by molar-refractivity contribution is -0.0979. The van der Waals surface area contributed by atoms with E-state index in [0.717, 1.165) is 36.3 Å². The molecule has 2 heterocycles. The molecule has 0 bridgehead atoms. The van der Waals surface area contributed by atoms with Crippen LogP contribution in [0.1, 0.15) is 58.8 Å². The third kappa shape index (κ3) is 7.00. The van der Waals surface area contributed by atoms with E-state index in [-0.39, 0.29) is 0 Å². The lowest BCUT2D eigenvalue weighted by Gasteiger charge is -2.37. The largest absolute Gasteiger partial charge is 0.354 e. The molecule has 0 spiro atoms. The summed E-state index contributed by atoms with van der Waals surface area (Å²) in [6.07, 6.45) is 10.0. The van der Waals surface area contributed by atoms with Gasteiger partial charge >= 0.3 is 0 Å². The van der Waals surface area contributed by atoms with Crippen molar-refractivity contribution >= 4 is 23.5 Å². The highest BCUT2D eigenvalue weighted by atomic mass is 16.1. The first kappa shape index (κ1) is 25.6. The fraction of sp³-hybridized carbons (Fsp3) is 0.643. The molecular formula is C28H44N4O. The Balaban J connectivity index is 0.000000258. The summed E-state index contributed by atoms with van der Waals surface area (Å²) >= 11 is 0. The fourth-order valence-corrected chi connectivity index (χ4v) is 5.38. The molecule has 1 aromatic heterocycles. The average molecular weight is 453 g/mol. The molecule has 5 rings (SSSR count). The number of nitrogens with one attached hydrogen (secondary N) is 1. The summed E-state index contributed by atoms with van der Waals surface area (Å²) < 4.78 is 0. The van der Waals surface area contributed by atoms with Crippen LogP contribution in [0.5, 0.6) is 0 Å². The van der Waals surface area contributed by atoms with Crippen LogP contribution in [0.25, 0.3) is 10.9 Å². The molecule has 5 heteroatoms. The van der Waals surface area contributed by atoms with Crippen LogP contribution in [0.4, 0.5) is 5.82 Å². The topological polar surface area (TPSA) is 48.5 Å². The van der Waals surface area contributed by atoms with Crippen LogP contribution in [0.2, 0.25) is 0 Å². The Bertz CT molecular complexity index is 837. The summed E-state index contributed by atoms with van der Waals surface area (Å²) in [5, 5.41) is 4.58. The van der Waals surface area contributed by atoms with Crippen LogP contribution in [-0.2, 0) is 4.79 Å². The van der Waals surface area contributed by atoms with Gasteiger partial charge in [0, 0.05) is 43.6 Å². The number of aromatic nitrogens is 1. The molecule has 3 fully saturated rings. The van der Waals surface area contributed by atoms with E-state index in [0.29, 0.717) is 5.54 Å². The Morgan fingerprint density at radius 3 is 2.24 bits per heavy atom. The van der Waals surface area contributed by atoms with Crippen molar-refractivity contribution in [3.05, 3.63) is 36.4 Å². The Kier molecular flexibility index (Phi) is 9.69. The number of hydrogen-bond acceptors (Lipinski definition) is 5. The van der Waals surface area contributed by atoms with Gasteiger partial charge in [-0.05, 0) is 62.8 Å². The summed E-state index contributed by atoms with van der Waals surface area (Å²) in [7, 11) is 2.06. The molecule has 2 aliphatic carbocycles. The predicted octanol–water partition coefficient (Wildman–Crippen LogP) is 5.15. The summed E-state index contributed by atoms with van der Waals surface area (Å²) in [5.41, 5.74) is 1.65. The molecule has 0 radical (unpaired) electrons. The second kappa shape index (κ2) is 12.5. The van der Waals surface area contributed by atoms with E-state index in [1.165, 1.54) is 70.0 Å². The summed E-state index contributed by atoms with van der Waals surface area (Å²) in [6.45, 7) is 12.5. The molecule has 1 aromatic carbocycles. The molecule has 3 aliphatic rings. The number of nitrogens with zero attached hydrogens (tertiary/aromatic N) is 3. The zero-order valence-corrected chi connectivity index (χ0v) is 21.1. The number of benzene rings is 1. The maximum Gasteiger partial charge on any atom is 0.129 e. The number of piperazine rings is 1. The number of pyridine rings is 1. The lowest BCUT2D eigenvalue weighted by Crippen LogP contribution is -2.48. The molecule has 0 unspecified atom stereocenters. The maximum absolute atomic E-state index is 8.00. The van der Waals surface area contributed by atoms with E-state index in [1.807, 2.05) is 6.79 Å². The molecular weight excluding hydrogens is 408 g/mol. The maximum atomic E-state index is 8.00. The zero-order valence-electron chi connectivity index (χ0n) is 21.1. The first-order valence-electron chi connectivity index (χ1n) is 12.9.